The van der Waals surface area contributed by atoms with Crippen LogP contribution in [0.4, 0.5) is 4.79 Å². The highest BCUT2D eigenvalue weighted by Gasteiger charge is 2.40. The number of likely N-dealkylation sites (tertiary alicyclic amines) is 1. The Bertz CT molecular complexity index is 705. The van der Waals surface area contributed by atoms with Crippen molar-refractivity contribution in [2.45, 2.75) is 51.0 Å². The van der Waals surface area contributed by atoms with Gasteiger partial charge < -0.3 is 21.3 Å². The van der Waals surface area contributed by atoms with Gasteiger partial charge in [0.15, 0.2) is 0 Å². The molecule has 2 saturated heterocycles. The van der Waals surface area contributed by atoms with Crippen LogP contribution in [0.1, 0.15) is 36.8 Å². The van der Waals surface area contributed by atoms with Crippen molar-refractivity contribution in [2.75, 3.05) is 19.6 Å². The van der Waals surface area contributed by atoms with Gasteiger partial charge in [0.2, 0.25) is 5.96 Å². The maximum absolute atomic E-state index is 13.2. The van der Waals surface area contributed by atoms with E-state index in [2.05, 4.69) is 4.90 Å². The van der Waals surface area contributed by atoms with Gasteiger partial charge >= 0.3 is 6.03 Å². The lowest BCUT2D eigenvalue weighted by atomic mass is 10.1. The fraction of sp³-hybridized carbons (Fsp3) is 0.579. The van der Waals surface area contributed by atoms with Crippen LogP contribution in [0.2, 0.25) is 0 Å². The molecule has 3 aliphatic heterocycles. The number of urea groups is 1. The molecule has 4 rings (SSSR count). The molecular weight excluding hydrogens is 328 g/mol. The summed E-state index contributed by atoms with van der Waals surface area (Å²) in [5.41, 5.74) is 14.2. The van der Waals surface area contributed by atoms with Crippen molar-refractivity contribution < 1.29 is 4.79 Å². The molecule has 2 amide bonds. The van der Waals surface area contributed by atoms with Gasteiger partial charge in [-0.05, 0) is 36.8 Å². The molecule has 4 N–H and O–H groups in total. The van der Waals surface area contributed by atoms with E-state index in [-0.39, 0.29) is 18.2 Å². The summed E-state index contributed by atoms with van der Waals surface area (Å²) >= 11 is 0. The smallest absolute Gasteiger partial charge is 0.328 e. The van der Waals surface area contributed by atoms with Crippen LogP contribution in [0.15, 0.2) is 29.3 Å². The minimum Gasteiger partial charge on any atom is -0.341 e. The van der Waals surface area contributed by atoms with E-state index < -0.39 is 0 Å². The Labute approximate surface area is 154 Å². The summed E-state index contributed by atoms with van der Waals surface area (Å²) in [5.74, 6) is 0.792. The minimum atomic E-state index is -0.0170. The molecule has 2 atom stereocenters. The third-order valence-corrected chi connectivity index (χ3v) is 5.61. The summed E-state index contributed by atoms with van der Waals surface area (Å²) in [6.07, 6.45) is 4.01. The van der Waals surface area contributed by atoms with Gasteiger partial charge in [-0.3, -0.25) is 4.90 Å². The van der Waals surface area contributed by atoms with E-state index in [0.29, 0.717) is 13.1 Å². The number of benzene rings is 1. The third kappa shape index (κ3) is 3.17. The van der Waals surface area contributed by atoms with Crippen LogP contribution >= 0.6 is 0 Å². The summed E-state index contributed by atoms with van der Waals surface area (Å²) in [4.78, 5) is 24.1. The zero-order valence-electron chi connectivity index (χ0n) is 15.2. The minimum absolute atomic E-state index is 0.0170. The summed E-state index contributed by atoms with van der Waals surface area (Å²) in [6.45, 7) is 3.41. The number of carbonyl (C=O) groups is 1. The van der Waals surface area contributed by atoms with Gasteiger partial charge in [-0.1, -0.05) is 24.3 Å². The normalized spacial score (nSPS) is 26.2. The molecule has 3 heterocycles. The van der Waals surface area contributed by atoms with E-state index in [4.69, 9.17) is 16.5 Å². The van der Waals surface area contributed by atoms with E-state index >= 15 is 0 Å². The molecule has 1 aromatic rings. The number of piperidine rings is 1. The molecule has 0 radical (unpaired) electrons. The monoisotopic (exact) mass is 356 g/mol. The number of fused-ring (bicyclic) bond motifs is 1. The Balaban J connectivity index is 1.66. The van der Waals surface area contributed by atoms with Crippen molar-refractivity contribution >= 4 is 12.0 Å². The number of nitrogens with zero attached hydrogens (tertiary/aromatic N) is 4. The van der Waals surface area contributed by atoms with Crippen LogP contribution in [0.3, 0.4) is 0 Å². The molecule has 7 nitrogen and oxygen atoms in total. The molecule has 0 spiro atoms. The second kappa shape index (κ2) is 7.25. The van der Waals surface area contributed by atoms with Crippen LogP contribution in [0.25, 0.3) is 0 Å². The van der Waals surface area contributed by atoms with Gasteiger partial charge in [0, 0.05) is 32.2 Å². The maximum Gasteiger partial charge on any atom is 0.328 e. The molecule has 7 heteroatoms. The van der Waals surface area contributed by atoms with Crippen molar-refractivity contribution in [2.24, 2.45) is 16.5 Å². The van der Waals surface area contributed by atoms with Gasteiger partial charge in [-0.15, -0.1) is 0 Å². The number of aliphatic imine (C=N–C) groups is 1. The molecule has 2 unspecified atom stereocenters. The van der Waals surface area contributed by atoms with Crippen molar-refractivity contribution in [1.82, 2.24) is 14.7 Å². The summed E-state index contributed by atoms with van der Waals surface area (Å²) in [6, 6.07) is 8.25. The first-order valence-electron chi connectivity index (χ1n) is 9.60. The predicted molar refractivity (Wildman–Crippen MR) is 101 cm³/mol. The second-order valence-electron chi connectivity index (χ2n) is 7.44. The van der Waals surface area contributed by atoms with Crippen molar-refractivity contribution in [1.29, 1.82) is 0 Å². The van der Waals surface area contributed by atoms with Crippen molar-refractivity contribution in [3.05, 3.63) is 35.4 Å². The maximum atomic E-state index is 13.2. The third-order valence-electron chi connectivity index (χ3n) is 5.61. The lowest BCUT2D eigenvalue weighted by Gasteiger charge is -2.43. The fourth-order valence-electron chi connectivity index (χ4n) is 4.21. The Kier molecular flexibility index (Phi) is 4.82. The summed E-state index contributed by atoms with van der Waals surface area (Å²) < 4.78 is 0. The summed E-state index contributed by atoms with van der Waals surface area (Å²) in [5, 5.41) is 0. The molecule has 0 aromatic heterocycles. The number of guanidine groups is 1. The van der Waals surface area contributed by atoms with Crippen LogP contribution in [0.5, 0.6) is 0 Å². The van der Waals surface area contributed by atoms with E-state index in [0.717, 1.165) is 62.4 Å². The molecule has 26 heavy (non-hydrogen) atoms. The number of amides is 2. The van der Waals surface area contributed by atoms with Crippen LogP contribution in [0, 0.1) is 0 Å². The Morgan fingerprint density at radius 2 is 1.88 bits per heavy atom. The van der Waals surface area contributed by atoms with Crippen LogP contribution in [-0.2, 0) is 13.1 Å². The number of nitrogens with two attached hydrogens (primary N) is 2. The highest BCUT2D eigenvalue weighted by molar-refractivity contribution is 5.98. The molecular formula is C19H28N6O. The molecule has 3 aliphatic rings. The SMILES string of the molecule is NCc1ccccc1CN1C(=O)N2CCCC2N=C1N1CCCC(N)C1. The Morgan fingerprint density at radius 3 is 2.65 bits per heavy atom. The average Bonchev–Trinajstić information content (AvgIpc) is 3.13. The molecule has 2 fully saturated rings. The molecule has 0 saturated carbocycles. The van der Waals surface area contributed by atoms with Crippen molar-refractivity contribution in [3.63, 3.8) is 0 Å². The number of rotatable bonds is 3. The topological polar surface area (TPSA) is 91.2 Å². The second-order valence-corrected chi connectivity index (χ2v) is 7.44. The quantitative estimate of drug-likeness (QED) is 0.853. The van der Waals surface area contributed by atoms with Gasteiger partial charge in [0.05, 0.1) is 6.54 Å². The Hall–Kier alpha value is -2.12. The van der Waals surface area contributed by atoms with E-state index in [9.17, 15) is 4.79 Å². The lowest BCUT2D eigenvalue weighted by molar-refractivity contribution is 0.148. The van der Waals surface area contributed by atoms with Gasteiger partial charge in [-0.25, -0.2) is 9.79 Å². The molecule has 140 valence electrons. The van der Waals surface area contributed by atoms with E-state index in [1.165, 1.54) is 0 Å². The fourth-order valence-corrected chi connectivity index (χ4v) is 4.21. The number of hydrogen-bond donors (Lipinski definition) is 2. The zero-order valence-corrected chi connectivity index (χ0v) is 15.2. The lowest BCUT2D eigenvalue weighted by Crippen LogP contribution is -2.59. The first-order valence-corrected chi connectivity index (χ1v) is 9.60. The highest BCUT2D eigenvalue weighted by atomic mass is 16.2. The first kappa shape index (κ1) is 17.3. The van der Waals surface area contributed by atoms with Gasteiger partial charge in [0.1, 0.15) is 6.17 Å². The van der Waals surface area contributed by atoms with Gasteiger partial charge in [0.25, 0.3) is 0 Å². The number of hydrogen-bond acceptors (Lipinski definition) is 5. The molecule has 1 aromatic carbocycles. The van der Waals surface area contributed by atoms with Crippen LogP contribution < -0.4 is 11.5 Å². The molecule has 0 bridgehead atoms. The Morgan fingerprint density at radius 1 is 1.12 bits per heavy atom. The average molecular weight is 356 g/mol. The number of carbonyl (C=O) groups excluding carboxylic acids is 1. The standard InChI is InChI=1S/C19H28N6O/c20-11-14-5-1-2-6-15(14)12-25-18(23-9-3-7-16(21)13-23)22-17-8-4-10-24(17)19(25)26/h1-2,5-6,16-17H,3-4,7-13,20-21H2. The van der Waals surface area contributed by atoms with Crippen molar-refractivity contribution in [3.8, 4) is 0 Å². The predicted octanol–water partition coefficient (Wildman–Crippen LogP) is 1.28. The van der Waals surface area contributed by atoms with Crippen LogP contribution in [-0.4, -0.2) is 58.5 Å². The largest absolute Gasteiger partial charge is 0.341 e. The highest BCUT2D eigenvalue weighted by Crippen LogP contribution is 2.28. The van der Waals surface area contributed by atoms with E-state index in [1.807, 2.05) is 34.1 Å². The summed E-state index contributed by atoms with van der Waals surface area (Å²) in [7, 11) is 0. The molecule has 0 aliphatic carbocycles. The first-order chi connectivity index (χ1) is 12.7. The van der Waals surface area contributed by atoms with Gasteiger partial charge in [-0.2, -0.15) is 0 Å². The van der Waals surface area contributed by atoms with E-state index in [1.54, 1.807) is 0 Å². The zero-order chi connectivity index (χ0) is 18.1.